The highest BCUT2D eigenvalue weighted by Gasteiger charge is 2.15. The molecule has 5 nitrogen and oxygen atoms in total. The minimum absolute atomic E-state index is 0.143. The average Bonchev–Trinajstić information content (AvgIpc) is 2.63. The van der Waals surface area contributed by atoms with Crippen molar-refractivity contribution in [3.63, 3.8) is 0 Å². The molecule has 0 radical (unpaired) electrons. The van der Waals surface area contributed by atoms with Crippen molar-refractivity contribution in [2.24, 2.45) is 5.10 Å². The summed E-state index contributed by atoms with van der Waals surface area (Å²) in [5.41, 5.74) is 2.27. The Labute approximate surface area is 142 Å². The number of benzene rings is 2. The average molecular weight is 325 g/mol. The molecule has 2 aromatic rings. The van der Waals surface area contributed by atoms with Gasteiger partial charge < -0.3 is 9.84 Å². The zero-order valence-corrected chi connectivity index (χ0v) is 13.9. The van der Waals surface area contributed by atoms with E-state index in [-0.39, 0.29) is 5.75 Å². The second-order valence-electron chi connectivity index (χ2n) is 5.89. The minimum Gasteiger partial charge on any atom is -0.504 e. The van der Waals surface area contributed by atoms with Crippen molar-refractivity contribution in [1.82, 2.24) is 9.91 Å². The highest BCUT2D eigenvalue weighted by Crippen LogP contribution is 2.25. The maximum absolute atomic E-state index is 9.62. The van der Waals surface area contributed by atoms with E-state index in [0.717, 1.165) is 38.3 Å². The molecule has 0 atom stereocenters. The number of phenols is 1. The van der Waals surface area contributed by atoms with Crippen LogP contribution >= 0.6 is 0 Å². The van der Waals surface area contributed by atoms with Gasteiger partial charge in [-0.15, -0.1) is 0 Å². The number of methoxy groups -OCH3 is 1. The Morgan fingerprint density at radius 1 is 1.08 bits per heavy atom. The van der Waals surface area contributed by atoms with Crippen LogP contribution in [0, 0.1) is 0 Å². The highest BCUT2D eigenvalue weighted by molar-refractivity contribution is 5.80. The van der Waals surface area contributed by atoms with Crippen LogP contribution in [-0.2, 0) is 6.54 Å². The Morgan fingerprint density at radius 3 is 2.54 bits per heavy atom. The summed E-state index contributed by atoms with van der Waals surface area (Å²) in [6, 6.07) is 15.8. The summed E-state index contributed by atoms with van der Waals surface area (Å²) in [6.07, 6.45) is 1.81. The fourth-order valence-corrected chi connectivity index (χ4v) is 2.78. The van der Waals surface area contributed by atoms with Crippen LogP contribution in [0.15, 0.2) is 53.6 Å². The van der Waals surface area contributed by atoms with Gasteiger partial charge in [-0.2, -0.15) is 5.10 Å². The van der Waals surface area contributed by atoms with Gasteiger partial charge in [-0.3, -0.25) is 9.91 Å². The summed E-state index contributed by atoms with van der Waals surface area (Å²) < 4.78 is 5.12. The lowest BCUT2D eigenvalue weighted by atomic mass is 10.2. The topological polar surface area (TPSA) is 48.3 Å². The van der Waals surface area contributed by atoms with E-state index in [0.29, 0.717) is 5.75 Å². The summed E-state index contributed by atoms with van der Waals surface area (Å²) in [6.45, 7) is 4.83. The minimum atomic E-state index is 0.143. The molecule has 1 N–H and O–H groups in total. The Hall–Kier alpha value is -2.53. The van der Waals surface area contributed by atoms with Crippen molar-refractivity contribution in [2.75, 3.05) is 33.3 Å². The van der Waals surface area contributed by atoms with Crippen LogP contribution in [0.2, 0.25) is 0 Å². The van der Waals surface area contributed by atoms with Gasteiger partial charge in [-0.1, -0.05) is 30.3 Å². The molecule has 1 heterocycles. The number of phenolic OH excluding ortho intramolecular Hbond substituents is 1. The van der Waals surface area contributed by atoms with Gasteiger partial charge in [0.15, 0.2) is 11.5 Å². The molecular weight excluding hydrogens is 302 g/mol. The normalized spacial score (nSPS) is 15.8. The first-order chi connectivity index (χ1) is 11.7. The zero-order valence-electron chi connectivity index (χ0n) is 13.9. The van der Waals surface area contributed by atoms with Gasteiger partial charge in [0.1, 0.15) is 0 Å². The Balaban J connectivity index is 1.51. The van der Waals surface area contributed by atoms with Crippen LogP contribution in [0.3, 0.4) is 0 Å². The lowest BCUT2D eigenvalue weighted by molar-refractivity contribution is 0.131. The number of piperazine rings is 1. The summed E-state index contributed by atoms with van der Waals surface area (Å²) >= 11 is 0. The standard InChI is InChI=1S/C19H23N3O2/c1-24-19-13-17(7-8-18(19)23)14-20-22-11-9-21(10-12-22)15-16-5-3-2-4-6-16/h2-8,13-14,23H,9-12,15H2,1H3. The monoisotopic (exact) mass is 325 g/mol. The Kier molecular flexibility index (Phi) is 5.33. The molecule has 0 aliphatic carbocycles. The first kappa shape index (κ1) is 16.3. The van der Waals surface area contributed by atoms with Crippen molar-refractivity contribution in [2.45, 2.75) is 6.54 Å². The van der Waals surface area contributed by atoms with E-state index in [1.165, 1.54) is 5.56 Å². The molecule has 1 fully saturated rings. The lowest BCUT2D eigenvalue weighted by Gasteiger charge is -2.33. The smallest absolute Gasteiger partial charge is 0.161 e. The first-order valence-electron chi connectivity index (χ1n) is 8.17. The van der Waals surface area contributed by atoms with Gasteiger partial charge in [0.2, 0.25) is 0 Å². The van der Waals surface area contributed by atoms with Gasteiger partial charge >= 0.3 is 0 Å². The Bertz CT molecular complexity index is 680. The van der Waals surface area contributed by atoms with E-state index in [1.54, 1.807) is 19.2 Å². The molecule has 0 aromatic heterocycles. The molecule has 0 amide bonds. The first-order valence-corrected chi connectivity index (χ1v) is 8.17. The predicted molar refractivity (Wildman–Crippen MR) is 95.5 cm³/mol. The van der Waals surface area contributed by atoms with Crippen LogP contribution in [0.5, 0.6) is 11.5 Å². The summed E-state index contributed by atoms with van der Waals surface area (Å²) in [4.78, 5) is 2.45. The number of hydrogen-bond acceptors (Lipinski definition) is 5. The molecule has 126 valence electrons. The summed E-state index contributed by atoms with van der Waals surface area (Å²) in [7, 11) is 1.54. The van der Waals surface area contributed by atoms with Gasteiger partial charge in [-0.25, -0.2) is 0 Å². The van der Waals surface area contributed by atoms with Gasteiger partial charge in [0.05, 0.1) is 13.3 Å². The van der Waals surface area contributed by atoms with E-state index in [4.69, 9.17) is 4.74 Å². The van der Waals surface area contributed by atoms with Crippen molar-refractivity contribution in [1.29, 1.82) is 0 Å². The molecular formula is C19H23N3O2. The second-order valence-corrected chi connectivity index (χ2v) is 5.89. The molecule has 1 aliphatic rings. The van der Waals surface area contributed by atoms with Gasteiger partial charge in [-0.05, 0) is 29.3 Å². The quantitative estimate of drug-likeness (QED) is 0.858. The SMILES string of the molecule is COc1cc(C=NN2CCN(Cc3ccccc3)CC2)ccc1O. The molecule has 0 saturated carbocycles. The van der Waals surface area contributed by atoms with Crippen molar-refractivity contribution in [3.8, 4) is 11.5 Å². The van der Waals surface area contributed by atoms with E-state index in [9.17, 15) is 5.11 Å². The molecule has 0 spiro atoms. The van der Waals surface area contributed by atoms with Crippen molar-refractivity contribution >= 4 is 6.21 Å². The second kappa shape index (κ2) is 7.84. The van der Waals surface area contributed by atoms with Gasteiger partial charge in [0, 0.05) is 32.7 Å². The van der Waals surface area contributed by atoms with Crippen molar-refractivity contribution in [3.05, 3.63) is 59.7 Å². The number of nitrogens with zero attached hydrogens (tertiary/aromatic N) is 3. The lowest BCUT2D eigenvalue weighted by Crippen LogP contribution is -2.43. The third-order valence-corrected chi connectivity index (χ3v) is 4.17. The van der Waals surface area contributed by atoms with E-state index >= 15 is 0 Å². The molecule has 0 bridgehead atoms. The zero-order chi connectivity index (χ0) is 16.8. The fourth-order valence-electron chi connectivity index (χ4n) is 2.78. The van der Waals surface area contributed by atoms with Crippen LogP contribution in [-0.4, -0.2) is 54.5 Å². The molecule has 24 heavy (non-hydrogen) atoms. The maximum Gasteiger partial charge on any atom is 0.161 e. The van der Waals surface area contributed by atoms with Crippen LogP contribution in [0.25, 0.3) is 0 Å². The van der Waals surface area contributed by atoms with Crippen LogP contribution in [0.1, 0.15) is 11.1 Å². The molecule has 5 heteroatoms. The molecule has 3 rings (SSSR count). The van der Waals surface area contributed by atoms with Crippen LogP contribution < -0.4 is 4.74 Å². The Morgan fingerprint density at radius 2 is 1.83 bits per heavy atom. The summed E-state index contributed by atoms with van der Waals surface area (Å²) in [5, 5.41) is 16.2. The fraction of sp³-hybridized carbons (Fsp3) is 0.316. The molecule has 1 aliphatic heterocycles. The van der Waals surface area contributed by atoms with E-state index in [1.807, 2.05) is 12.3 Å². The maximum atomic E-state index is 9.62. The third-order valence-electron chi connectivity index (χ3n) is 4.17. The predicted octanol–water partition coefficient (Wildman–Crippen LogP) is 2.55. The molecule has 0 unspecified atom stereocenters. The van der Waals surface area contributed by atoms with E-state index in [2.05, 4.69) is 45.3 Å². The number of hydrogen-bond donors (Lipinski definition) is 1. The molecule has 1 saturated heterocycles. The van der Waals surface area contributed by atoms with E-state index < -0.39 is 0 Å². The number of rotatable bonds is 5. The third kappa shape index (κ3) is 4.26. The highest BCUT2D eigenvalue weighted by atomic mass is 16.5. The number of ether oxygens (including phenoxy) is 1. The molecule has 2 aromatic carbocycles. The van der Waals surface area contributed by atoms with Crippen LogP contribution in [0.4, 0.5) is 0 Å². The van der Waals surface area contributed by atoms with Crippen molar-refractivity contribution < 1.29 is 9.84 Å². The number of hydrazone groups is 1. The largest absolute Gasteiger partial charge is 0.504 e. The van der Waals surface area contributed by atoms with Gasteiger partial charge in [0.25, 0.3) is 0 Å². The summed E-state index contributed by atoms with van der Waals surface area (Å²) in [5.74, 6) is 0.607. The number of aromatic hydroxyl groups is 1.